The highest BCUT2D eigenvalue weighted by molar-refractivity contribution is 5.72. The summed E-state index contributed by atoms with van der Waals surface area (Å²) in [4.78, 5) is 11.2. The minimum atomic E-state index is -0.190. The van der Waals surface area contributed by atoms with Crippen molar-refractivity contribution in [2.24, 2.45) is 5.92 Å². The number of hydrogen-bond acceptors (Lipinski definition) is 4. The number of nitrogens with one attached hydrogen (secondary N) is 1. The Morgan fingerprint density at radius 1 is 1.40 bits per heavy atom. The molecule has 90 valence electrons. The van der Waals surface area contributed by atoms with Gasteiger partial charge in [-0.2, -0.15) is 0 Å². The summed E-state index contributed by atoms with van der Waals surface area (Å²) < 4.78 is 4.68. The van der Waals surface area contributed by atoms with Crippen molar-refractivity contribution in [3.05, 3.63) is 0 Å². The summed E-state index contributed by atoms with van der Waals surface area (Å²) in [6, 6.07) is 0.394. The summed E-state index contributed by atoms with van der Waals surface area (Å²) >= 11 is 0. The summed E-state index contributed by atoms with van der Waals surface area (Å²) in [7, 11) is 1.40. The van der Waals surface area contributed by atoms with Crippen LogP contribution in [0.1, 0.15) is 33.6 Å². The topological polar surface area (TPSA) is 58.6 Å². The highest BCUT2D eigenvalue weighted by atomic mass is 16.5. The van der Waals surface area contributed by atoms with Crippen molar-refractivity contribution in [2.45, 2.75) is 45.7 Å². The van der Waals surface area contributed by atoms with E-state index in [2.05, 4.69) is 17.0 Å². The smallest absolute Gasteiger partial charge is 0.309 e. The van der Waals surface area contributed by atoms with Crippen LogP contribution in [0.15, 0.2) is 0 Å². The third-order valence-electron chi connectivity index (χ3n) is 2.67. The first-order valence-corrected chi connectivity index (χ1v) is 5.47. The van der Waals surface area contributed by atoms with E-state index in [1.165, 1.54) is 7.11 Å². The molecule has 0 aliphatic carbocycles. The Kier molecular flexibility index (Phi) is 7.34. The molecular weight excluding hydrogens is 194 g/mol. The van der Waals surface area contributed by atoms with Gasteiger partial charge in [-0.25, -0.2) is 0 Å². The summed E-state index contributed by atoms with van der Waals surface area (Å²) in [5.41, 5.74) is 0. The van der Waals surface area contributed by atoms with Gasteiger partial charge in [0.05, 0.1) is 13.0 Å². The van der Waals surface area contributed by atoms with Crippen LogP contribution < -0.4 is 5.32 Å². The fraction of sp³-hybridized carbons (Fsp3) is 0.909. The Bertz CT molecular complexity index is 185. The van der Waals surface area contributed by atoms with Crippen molar-refractivity contribution in [2.75, 3.05) is 13.7 Å². The molecule has 0 amide bonds. The molecule has 0 aliphatic rings. The van der Waals surface area contributed by atoms with E-state index >= 15 is 0 Å². The molecule has 0 aromatic heterocycles. The highest BCUT2D eigenvalue weighted by Gasteiger charge is 2.21. The lowest BCUT2D eigenvalue weighted by Crippen LogP contribution is -2.41. The third-order valence-corrected chi connectivity index (χ3v) is 2.67. The molecule has 0 saturated heterocycles. The number of aliphatic hydroxyl groups is 1. The molecule has 2 N–H and O–H groups in total. The first kappa shape index (κ1) is 14.4. The number of carbonyl (C=O) groups excluding carboxylic acids is 1. The van der Waals surface area contributed by atoms with Crippen LogP contribution in [0.25, 0.3) is 0 Å². The van der Waals surface area contributed by atoms with Crippen molar-refractivity contribution in [3.8, 4) is 0 Å². The molecule has 15 heavy (non-hydrogen) atoms. The summed E-state index contributed by atoms with van der Waals surface area (Å²) in [5.74, 6) is -0.337. The summed E-state index contributed by atoms with van der Waals surface area (Å²) in [6.07, 6.45) is 1.70. The second-order valence-electron chi connectivity index (χ2n) is 4.03. The molecule has 0 bridgehead atoms. The van der Waals surface area contributed by atoms with Gasteiger partial charge in [-0.05, 0) is 26.7 Å². The number of rotatable bonds is 7. The van der Waals surface area contributed by atoms with E-state index in [0.29, 0.717) is 6.04 Å². The van der Waals surface area contributed by atoms with Crippen LogP contribution in [0.5, 0.6) is 0 Å². The van der Waals surface area contributed by atoms with Gasteiger partial charge in [0.15, 0.2) is 0 Å². The van der Waals surface area contributed by atoms with E-state index in [0.717, 1.165) is 12.8 Å². The third kappa shape index (κ3) is 5.74. The number of esters is 1. The molecule has 0 aromatic carbocycles. The fourth-order valence-electron chi connectivity index (χ4n) is 1.46. The average Bonchev–Trinajstić information content (AvgIpc) is 2.23. The van der Waals surface area contributed by atoms with Gasteiger partial charge in [0, 0.05) is 18.7 Å². The number of methoxy groups -OCH3 is 1. The van der Waals surface area contributed by atoms with Gasteiger partial charge in [-0.1, -0.05) is 6.92 Å². The molecule has 4 heteroatoms. The molecule has 4 nitrogen and oxygen atoms in total. The van der Waals surface area contributed by atoms with Crippen molar-refractivity contribution in [1.29, 1.82) is 0 Å². The van der Waals surface area contributed by atoms with Gasteiger partial charge in [0.2, 0.25) is 0 Å². The molecule has 0 radical (unpaired) electrons. The van der Waals surface area contributed by atoms with Gasteiger partial charge in [0.1, 0.15) is 0 Å². The zero-order valence-electron chi connectivity index (χ0n) is 10.1. The van der Waals surface area contributed by atoms with Gasteiger partial charge in [-0.15, -0.1) is 0 Å². The molecule has 0 spiro atoms. The normalized spacial score (nSPS) is 16.9. The molecule has 3 atom stereocenters. The highest BCUT2D eigenvalue weighted by Crippen LogP contribution is 2.07. The number of hydrogen-bond donors (Lipinski definition) is 2. The Labute approximate surface area is 92.0 Å². The SMILES string of the molecule is COC(=O)C(C)C(C)NC(C)CCCO. The van der Waals surface area contributed by atoms with E-state index in [-0.39, 0.29) is 24.5 Å². The van der Waals surface area contributed by atoms with Crippen molar-refractivity contribution >= 4 is 5.97 Å². The first-order valence-electron chi connectivity index (χ1n) is 5.47. The van der Waals surface area contributed by atoms with Crippen LogP contribution in [-0.2, 0) is 9.53 Å². The fourth-order valence-corrected chi connectivity index (χ4v) is 1.46. The number of carbonyl (C=O) groups is 1. The Morgan fingerprint density at radius 2 is 2.00 bits per heavy atom. The van der Waals surface area contributed by atoms with Gasteiger partial charge >= 0.3 is 5.97 Å². The lowest BCUT2D eigenvalue weighted by molar-refractivity contribution is -0.145. The maximum atomic E-state index is 11.2. The monoisotopic (exact) mass is 217 g/mol. The molecule has 3 unspecified atom stereocenters. The standard InChI is InChI=1S/C11H23NO3/c1-8(6-5-7-13)12-10(3)9(2)11(14)15-4/h8-10,12-13H,5-7H2,1-4H3. The van der Waals surface area contributed by atoms with Crippen LogP contribution in [0.3, 0.4) is 0 Å². The second-order valence-corrected chi connectivity index (χ2v) is 4.03. The lowest BCUT2D eigenvalue weighted by Gasteiger charge is -2.23. The van der Waals surface area contributed by atoms with Crippen LogP contribution >= 0.6 is 0 Å². The summed E-state index contributed by atoms with van der Waals surface area (Å²) in [6.45, 7) is 6.09. The Morgan fingerprint density at radius 3 is 2.47 bits per heavy atom. The zero-order valence-corrected chi connectivity index (χ0v) is 10.1. The van der Waals surface area contributed by atoms with Gasteiger partial charge < -0.3 is 15.2 Å². The maximum absolute atomic E-state index is 11.2. The molecular formula is C11H23NO3. The first-order chi connectivity index (χ1) is 7.02. The predicted octanol–water partition coefficient (Wildman–Crippen LogP) is 0.935. The molecule has 0 fully saturated rings. The molecule has 0 saturated carbocycles. The minimum Gasteiger partial charge on any atom is -0.469 e. The van der Waals surface area contributed by atoms with Gasteiger partial charge in [0.25, 0.3) is 0 Å². The van der Waals surface area contributed by atoms with E-state index in [9.17, 15) is 4.79 Å². The largest absolute Gasteiger partial charge is 0.469 e. The van der Waals surface area contributed by atoms with E-state index in [4.69, 9.17) is 5.11 Å². The maximum Gasteiger partial charge on any atom is 0.309 e. The van der Waals surface area contributed by atoms with E-state index < -0.39 is 0 Å². The number of ether oxygens (including phenoxy) is 1. The van der Waals surface area contributed by atoms with Crippen LogP contribution in [0.4, 0.5) is 0 Å². The Hall–Kier alpha value is -0.610. The minimum absolute atomic E-state index is 0.0890. The predicted molar refractivity (Wildman–Crippen MR) is 59.6 cm³/mol. The zero-order chi connectivity index (χ0) is 11.8. The Balaban J connectivity index is 3.89. The van der Waals surface area contributed by atoms with Crippen molar-refractivity contribution in [1.82, 2.24) is 5.32 Å². The van der Waals surface area contributed by atoms with Crippen LogP contribution in [0.2, 0.25) is 0 Å². The molecule has 0 aliphatic heterocycles. The van der Waals surface area contributed by atoms with Crippen LogP contribution in [-0.4, -0.2) is 36.9 Å². The quantitative estimate of drug-likeness (QED) is 0.623. The van der Waals surface area contributed by atoms with Crippen LogP contribution in [0, 0.1) is 5.92 Å². The number of aliphatic hydroxyl groups excluding tert-OH is 1. The second kappa shape index (κ2) is 7.65. The van der Waals surface area contributed by atoms with Crippen molar-refractivity contribution < 1.29 is 14.6 Å². The lowest BCUT2D eigenvalue weighted by atomic mass is 10.0. The van der Waals surface area contributed by atoms with Crippen molar-refractivity contribution in [3.63, 3.8) is 0 Å². The molecule has 0 rings (SSSR count). The molecule has 0 heterocycles. The molecule has 0 aromatic rings. The average molecular weight is 217 g/mol. The summed E-state index contributed by atoms with van der Waals surface area (Å²) in [5, 5.41) is 12.0. The van der Waals surface area contributed by atoms with E-state index in [1.807, 2.05) is 13.8 Å². The van der Waals surface area contributed by atoms with E-state index in [1.54, 1.807) is 0 Å². The van der Waals surface area contributed by atoms with Gasteiger partial charge in [-0.3, -0.25) is 4.79 Å².